The van der Waals surface area contributed by atoms with Gasteiger partial charge in [-0.2, -0.15) is 5.10 Å². The number of hydrogen-bond acceptors (Lipinski definition) is 3. The standard InChI is InChI=1S/C17H19BrFN3O2/c1-17(2,3)24-16(23)21-7-12-9-22(20-15(12)10-21)8-11-4-5-13(18)6-14(11)19/h4-6,9H,7-8,10H2,1-3H3. The van der Waals surface area contributed by atoms with Crippen molar-refractivity contribution in [3.63, 3.8) is 0 Å². The molecule has 24 heavy (non-hydrogen) atoms. The van der Waals surface area contributed by atoms with Gasteiger partial charge in [-0.25, -0.2) is 9.18 Å². The summed E-state index contributed by atoms with van der Waals surface area (Å²) in [5.74, 6) is -0.268. The molecule has 1 amide bonds. The van der Waals surface area contributed by atoms with Crippen molar-refractivity contribution in [3.8, 4) is 0 Å². The van der Waals surface area contributed by atoms with Crippen LogP contribution in [0.2, 0.25) is 0 Å². The van der Waals surface area contributed by atoms with E-state index in [1.165, 1.54) is 6.07 Å². The van der Waals surface area contributed by atoms with Crippen LogP contribution in [-0.4, -0.2) is 26.4 Å². The lowest BCUT2D eigenvalue weighted by Gasteiger charge is -2.24. The number of amides is 1. The minimum atomic E-state index is -0.518. The fraction of sp³-hybridized carbons (Fsp3) is 0.412. The summed E-state index contributed by atoms with van der Waals surface area (Å²) in [4.78, 5) is 13.7. The van der Waals surface area contributed by atoms with E-state index in [1.807, 2.05) is 27.0 Å². The van der Waals surface area contributed by atoms with E-state index in [1.54, 1.807) is 21.7 Å². The van der Waals surface area contributed by atoms with E-state index in [2.05, 4.69) is 21.0 Å². The van der Waals surface area contributed by atoms with Crippen LogP contribution in [0.1, 0.15) is 37.6 Å². The van der Waals surface area contributed by atoms with Crippen molar-refractivity contribution in [2.45, 2.75) is 46.0 Å². The molecule has 128 valence electrons. The molecule has 0 radical (unpaired) electrons. The van der Waals surface area contributed by atoms with Gasteiger partial charge in [-0.15, -0.1) is 0 Å². The van der Waals surface area contributed by atoms with Gasteiger partial charge in [0.15, 0.2) is 0 Å². The fourth-order valence-corrected chi connectivity index (χ4v) is 2.90. The Morgan fingerprint density at radius 3 is 2.75 bits per heavy atom. The zero-order valence-electron chi connectivity index (χ0n) is 13.8. The maximum Gasteiger partial charge on any atom is 0.410 e. The Morgan fingerprint density at radius 1 is 1.38 bits per heavy atom. The molecule has 0 aliphatic carbocycles. The number of aromatic nitrogens is 2. The van der Waals surface area contributed by atoms with Crippen molar-refractivity contribution in [1.29, 1.82) is 0 Å². The second-order valence-electron chi connectivity index (χ2n) is 6.87. The van der Waals surface area contributed by atoms with Crippen molar-refractivity contribution in [2.75, 3.05) is 0 Å². The van der Waals surface area contributed by atoms with Gasteiger partial charge in [0, 0.05) is 21.8 Å². The maximum absolute atomic E-state index is 13.9. The molecule has 0 spiro atoms. The number of carbonyl (C=O) groups is 1. The van der Waals surface area contributed by atoms with Gasteiger partial charge in [-0.3, -0.25) is 9.58 Å². The first-order valence-electron chi connectivity index (χ1n) is 7.68. The summed E-state index contributed by atoms with van der Waals surface area (Å²) >= 11 is 3.25. The van der Waals surface area contributed by atoms with Crippen molar-refractivity contribution < 1.29 is 13.9 Å². The summed E-state index contributed by atoms with van der Waals surface area (Å²) < 4.78 is 21.7. The number of halogens is 2. The quantitative estimate of drug-likeness (QED) is 0.769. The number of fused-ring (bicyclic) bond motifs is 1. The first-order valence-corrected chi connectivity index (χ1v) is 8.47. The number of nitrogens with zero attached hydrogens (tertiary/aromatic N) is 3. The highest BCUT2D eigenvalue weighted by atomic mass is 79.9. The molecule has 7 heteroatoms. The van der Waals surface area contributed by atoms with Gasteiger partial charge in [0.25, 0.3) is 0 Å². The van der Waals surface area contributed by atoms with E-state index in [4.69, 9.17) is 4.74 Å². The van der Waals surface area contributed by atoms with Gasteiger partial charge >= 0.3 is 6.09 Å². The maximum atomic E-state index is 13.9. The molecular weight excluding hydrogens is 377 g/mol. The van der Waals surface area contributed by atoms with Crippen LogP contribution in [0.25, 0.3) is 0 Å². The molecule has 0 unspecified atom stereocenters. The zero-order valence-corrected chi connectivity index (χ0v) is 15.4. The molecule has 0 saturated heterocycles. The number of rotatable bonds is 2. The van der Waals surface area contributed by atoms with Crippen LogP contribution in [0.5, 0.6) is 0 Å². The molecule has 5 nitrogen and oxygen atoms in total. The van der Waals surface area contributed by atoms with Crippen LogP contribution in [0.4, 0.5) is 9.18 Å². The van der Waals surface area contributed by atoms with Gasteiger partial charge in [-0.05, 0) is 32.9 Å². The van der Waals surface area contributed by atoms with Gasteiger partial charge < -0.3 is 4.74 Å². The molecular formula is C17H19BrFN3O2. The predicted molar refractivity (Wildman–Crippen MR) is 90.9 cm³/mol. The zero-order chi connectivity index (χ0) is 17.5. The molecule has 0 bridgehead atoms. The molecule has 0 atom stereocenters. The predicted octanol–water partition coefficient (Wildman–Crippen LogP) is 4.08. The van der Waals surface area contributed by atoms with Gasteiger partial charge in [0.05, 0.1) is 25.3 Å². The normalized spacial score (nSPS) is 14.0. The minimum absolute atomic E-state index is 0.268. The Bertz CT molecular complexity index is 759. The van der Waals surface area contributed by atoms with Crippen molar-refractivity contribution >= 4 is 22.0 Å². The van der Waals surface area contributed by atoms with Crippen molar-refractivity contribution in [1.82, 2.24) is 14.7 Å². The van der Waals surface area contributed by atoms with E-state index in [-0.39, 0.29) is 11.9 Å². The first kappa shape index (κ1) is 17.0. The van der Waals surface area contributed by atoms with Crippen LogP contribution in [0.3, 0.4) is 0 Å². The number of benzene rings is 1. The van der Waals surface area contributed by atoms with Gasteiger partial charge in [-0.1, -0.05) is 22.0 Å². The summed E-state index contributed by atoms with van der Waals surface area (Å²) in [6, 6.07) is 4.98. The van der Waals surface area contributed by atoms with Crippen molar-refractivity contribution in [3.05, 3.63) is 51.5 Å². The van der Waals surface area contributed by atoms with Crippen LogP contribution >= 0.6 is 15.9 Å². The molecule has 1 aromatic heterocycles. The molecule has 0 N–H and O–H groups in total. The van der Waals surface area contributed by atoms with E-state index in [9.17, 15) is 9.18 Å². The second kappa shape index (κ2) is 6.20. The second-order valence-corrected chi connectivity index (χ2v) is 7.79. The molecule has 1 aliphatic rings. The van der Waals surface area contributed by atoms with Crippen LogP contribution in [-0.2, 0) is 24.4 Å². The molecule has 0 saturated carbocycles. The van der Waals surface area contributed by atoms with Crippen LogP contribution < -0.4 is 0 Å². The number of ether oxygens (including phenoxy) is 1. The minimum Gasteiger partial charge on any atom is -0.444 e. The number of hydrogen-bond donors (Lipinski definition) is 0. The lowest BCUT2D eigenvalue weighted by molar-refractivity contribution is 0.0239. The van der Waals surface area contributed by atoms with E-state index >= 15 is 0 Å². The summed E-state index contributed by atoms with van der Waals surface area (Å²) in [6.07, 6.45) is 1.52. The molecule has 3 rings (SSSR count). The Kier molecular flexibility index (Phi) is 4.38. The van der Waals surface area contributed by atoms with Crippen LogP contribution in [0.15, 0.2) is 28.9 Å². The van der Waals surface area contributed by atoms with E-state index in [0.717, 1.165) is 11.3 Å². The smallest absolute Gasteiger partial charge is 0.410 e. The third-order valence-corrected chi connectivity index (χ3v) is 4.12. The summed E-state index contributed by atoms with van der Waals surface area (Å²) in [6.45, 7) is 6.76. The van der Waals surface area contributed by atoms with Gasteiger partial charge in [0.1, 0.15) is 11.4 Å². The molecule has 1 aliphatic heterocycles. The Labute approximate surface area is 148 Å². The average molecular weight is 396 g/mol. The molecule has 2 aromatic rings. The first-order chi connectivity index (χ1) is 11.2. The monoisotopic (exact) mass is 395 g/mol. The molecule has 1 aromatic carbocycles. The van der Waals surface area contributed by atoms with Gasteiger partial charge in [0.2, 0.25) is 0 Å². The third-order valence-electron chi connectivity index (χ3n) is 3.63. The average Bonchev–Trinajstić information content (AvgIpc) is 2.98. The van der Waals surface area contributed by atoms with Crippen molar-refractivity contribution in [2.24, 2.45) is 0 Å². The number of carbonyl (C=O) groups excluding carboxylic acids is 1. The Hall–Kier alpha value is -1.89. The topological polar surface area (TPSA) is 47.4 Å². The highest BCUT2D eigenvalue weighted by molar-refractivity contribution is 9.10. The SMILES string of the molecule is CC(C)(C)OC(=O)N1Cc2cn(Cc3ccc(Br)cc3F)nc2C1. The summed E-state index contributed by atoms with van der Waals surface area (Å²) in [7, 11) is 0. The summed E-state index contributed by atoms with van der Waals surface area (Å²) in [5, 5.41) is 4.47. The van der Waals surface area contributed by atoms with E-state index in [0.29, 0.717) is 29.7 Å². The lowest BCUT2D eigenvalue weighted by Crippen LogP contribution is -2.33. The Balaban J connectivity index is 1.67. The van der Waals surface area contributed by atoms with E-state index < -0.39 is 5.60 Å². The highest BCUT2D eigenvalue weighted by Gasteiger charge is 2.29. The lowest BCUT2D eigenvalue weighted by atomic mass is 10.2. The third kappa shape index (κ3) is 3.77. The Morgan fingerprint density at radius 2 is 2.12 bits per heavy atom. The fourth-order valence-electron chi connectivity index (χ4n) is 2.57. The highest BCUT2D eigenvalue weighted by Crippen LogP contribution is 2.24. The molecule has 2 heterocycles. The molecule has 0 fully saturated rings. The van der Waals surface area contributed by atoms with Crippen LogP contribution in [0, 0.1) is 5.82 Å². The summed E-state index contributed by atoms with van der Waals surface area (Å²) in [5.41, 5.74) is 1.86. The largest absolute Gasteiger partial charge is 0.444 e.